The highest BCUT2D eigenvalue weighted by Gasteiger charge is 2.45. The Kier molecular flexibility index (Phi) is 3.04. The van der Waals surface area contributed by atoms with Crippen molar-refractivity contribution in [3.63, 3.8) is 0 Å². The first-order chi connectivity index (χ1) is 7.66. The van der Waals surface area contributed by atoms with Crippen molar-refractivity contribution in [3.8, 4) is 11.5 Å². The average Bonchev–Trinajstić information content (AvgIpc) is 3.06. The Morgan fingerprint density at radius 2 is 1.81 bits per heavy atom. The van der Waals surface area contributed by atoms with Gasteiger partial charge in [0, 0.05) is 5.56 Å². The predicted molar refractivity (Wildman–Crippen MR) is 64.5 cm³/mol. The molecule has 0 bridgehead atoms. The molecule has 1 N–H and O–H groups in total. The molecule has 0 saturated heterocycles. The van der Waals surface area contributed by atoms with E-state index in [2.05, 4.69) is 0 Å². The van der Waals surface area contributed by atoms with Gasteiger partial charge in [0.1, 0.15) is 0 Å². The molecule has 88 valence electrons. The predicted octanol–water partition coefficient (Wildman–Crippen LogP) is 2.41. The van der Waals surface area contributed by atoms with Crippen molar-refractivity contribution >= 4 is 11.8 Å². The second-order valence-corrected chi connectivity index (χ2v) is 4.76. The van der Waals surface area contributed by atoms with Gasteiger partial charge < -0.3 is 14.6 Å². The zero-order valence-corrected chi connectivity index (χ0v) is 10.6. The first-order valence-corrected chi connectivity index (χ1v) is 6.40. The van der Waals surface area contributed by atoms with E-state index in [0.717, 1.165) is 23.3 Å². The molecule has 1 aromatic rings. The average molecular weight is 240 g/mol. The number of hydrogen-bond donors (Lipinski definition) is 1. The third-order valence-electron chi connectivity index (χ3n) is 2.93. The maximum Gasteiger partial charge on any atom is 0.174 e. The second kappa shape index (κ2) is 4.18. The summed E-state index contributed by atoms with van der Waals surface area (Å²) in [6.07, 6.45) is 3.58. The summed E-state index contributed by atoms with van der Waals surface area (Å²) in [6, 6.07) is 3.90. The number of ether oxygens (including phenoxy) is 2. The molecule has 1 saturated carbocycles. The molecule has 0 heterocycles. The van der Waals surface area contributed by atoms with E-state index < -0.39 is 5.60 Å². The van der Waals surface area contributed by atoms with E-state index in [9.17, 15) is 5.11 Å². The van der Waals surface area contributed by atoms with Crippen LogP contribution in [0.3, 0.4) is 0 Å². The third-order valence-corrected chi connectivity index (χ3v) is 3.69. The molecule has 16 heavy (non-hydrogen) atoms. The van der Waals surface area contributed by atoms with Crippen LogP contribution < -0.4 is 9.47 Å². The van der Waals surface area contributed by atoms with Crippen LogP contribution in [0.25, 0.3) is 0 Å². The normalized spacial score (nSPS) is 17.0. The Labute approximate surface area is 99.8 Å². The van der Waals surface area contributed by atoms with Crippen molar-refractivity contribution in [2.75, 3.05) is 20.5 Å². The fourth-order valence-corrected chi connectivity index (χ4v) is 2.42. The lowest BCUT2D eigenvalue weighted by molar-refractivity contribution is 0.146. The van der Waals surface area contributed by atoms with Crippen LogP contribution in [0.2, 0.25) is 0 Å². The van der Waals surface area contributed by atoms with Crippen molar-refractivity contribution in [2.45, 2.75) is 23.3 Å². The number of aliphatic hydroxyl groups is 1. The van der Waals surface area contributed by atoms with Crippen molar-refractivity contribution < 1.29 is 14.6 Å². The van der Waals surface area contributed by atoms with Crippen molar-refractivity contribution in [1.29, 1.82) is 0 Å². The van der Waals surface area contributed by atoms with Crippen molar-refractivity contribution in [2.24, 2.45) is 0 Å². The van der Waals surface area contributed by atoms with Gasteiger partial charge in [-0.1, -0.05) is 6.07 Å². The second-order valence-electron chi connectivity index (χ2n) is 3.91. The monoisotopic (exact) mass is 240 g/mol. The molecule has 0 atom stereocenters. The molecule has 3 nitrogen and oxygen atoms in total. The molecule has 0 unspecified atom stereocenters. The molecule has 1 aliphatic carbocycles. The maximum atomic E-state index is 10.2. The molecule has 4 heteroatoms. The van der Waals surface area contributed by atoms with Gasteiger partial charge in [-0.05, 0) is 25.2 Å². The number of thioether (sulfide) groups is 1. The van der Waals surface area contributed by atoms with Crippen LogP contribution in [0.15, 0.2) is 17.0 Å². The van der Waals surface area contributed by atoms with Gasteiger partial charge in [0.15, 0.2) is 11.5 Å². The van der Waals surface area contributed by atoms with E-state index in [0.29, 0.717) is 11.5 Å². The van der Waals surface area contributed by atoms with Gasteiger partial charge in [0.2, 0.25) is 0 Å². The summed E-state index contributed by atoms with van der Waals surface area (Å²) < 4.78 is 10.7. The molecule has 1 aliphatic rings. The Bertz CT molecular complexity index is 399. The summed E-state index contributed by atoms with van der Waals surface area (Å²) in [7, 11) is 3.23. The quantitative estimate of drug-likeness (QED) is 0.820. The van der Waals surface area contributed by atoms with Gasteiger partial charge >= 0.3 is 0 Å². The standard InChI is InChI=1S/C12H16O3S/c1-14-10-8(12(13)6-7-12)4-5-9(16-3)11(10)15-2/h4-5,13H,6-7H2,1-3H3. The SMILES string of the molecule is COc1c(SC)ccc(C2(O)CC2)c1OC. The van der Waals surface area contributed by atoms with E-state index in [1.807, 2.05) is 18.4 Å². The van der Waals surface area contributed by atoms with Crippen molar-refractivity contribution in [3.05, 3.63) is 17.7 Å². The summed E-state index contributed by atoms with van der Waals surface area (Å²) in [5.74, 6) is 1.38. The largest absolute Gasteiger partial charge is 0.492 e. The van der Waals surface area contributed by atoms with Crippen LogP contribution in [-0.4, -0.2) is 25.6 Å². The summed E-state index contributed by atoms with van der Waals surface area (Å²) in [5.41, 5.74) is 0.139. The number of methoxy groups -OCH3 is 2. The van der Waals surface area contributed by atoms with Gasteiger partial charge in [-0.25, -0.2) is 0 Å². The zero-order valence-electron chi connectivity index (χ0n) is 9.74. The van der Waals surface area contributed by atoms with E-state index in [-0.39, 0.29) is 0 Å². The van der Waals surface area contributed by atoms with E-state index in [4.69, 9.17) is 9.47 Å². The van der Waals surface area contributed by atoms with Crippen LogP contribution in [-0.2, 0) is 5.60 Å². The molecular formula is C12H16O3S. The molecule has 0 amide bonds. The van der Waals surface area contributed by atoms with Gasteiger partial charge in [-0.3, -0.25) is 0 Å². The maximum absolute atomic E-state index is 10.2. The Morgan fingerprint density at radius 1 is 1.19 bits per heavy atom. The highest BCUT2D eigenvalue weighted by atomic mass is 32.2. The summed E-state index contributed by atoms with van der Waals surface area (Å²) in [4.78, 5) is 1.02. The molecule has 0 spiro atoms. The Hall–Kier alpha value is -0.870. The van der Waals surface area contributed by atoms with Gasteiger partial charge in [0.25, 0.3) is 0 Å². The fraction of sp³-hybridized carbons (Fsp3) is 0.500. The Balaban J connectivity index is 2.55. The van der Waals surface area contributed by atoms with E-state index >= 15 is 0 Å². The summed E-state index contributed by atoms with van der Waals surface area (Å²) in [6.45, 7) is 0. The first-order valence-electron chi connectivity index (χ1n) is 5.18. The lowest BCUT2D eigenvalue weighted by atomic mass is 10.1. The third kappa shape index (κ3) is 1.76. The van der Waals surface area contributed by atoms with E-state index in [1.165, 1.54) is 0 Å². The smallest absolute Gasteiger partial charge is 0.174 e. The molecule has 0 aliphatic heterocycles. The first kappa shape index (κ1) is 11.6. The molecule has 1 aromatic carbocycles. The van der Waals surface area contributed by atoms with Crippen LogP contribution in [0, 0.1) is 0 Å². The minimum absolute atomic E-state index is 0.661. The molecule has 1 fully saturated rings. The van der Waals surface area contributed by atoms with E-state index in [1.54, 1.807) is 26.0 Å². The molecular weight excluding hydrogens is 224 g/mol. The van der Waals surface area contributed by atoms with Gasteiger partial charge in [0.05, 0.1) is 24.7 Å². The summed E-state index contributed by atoms with van der Waals surface area (Å²) in [5, 5.41) is 10.2. The van der Waals surface area contributed by atoms with Crippen LogP contribution in [0.4, 0.5) is 0 Å². The van der Waals surface area contributed by atoms with Gasteiger partial charge in [-0.2, -0.15) is 0 Å². The van der Waals surface area contributed by atoms with Gasteiger partial charge in [-0.15, -0.1) is 11.8 Å². The Morgan fingerprint density at radius 3 is 2.25 bits per heavy atom. The number of hydrogen-bond acceptors (Lipinski definition) is 4. The molecule has 0 aromatic heterocycles. The zero-order chi connectivity index (χ0) is 11.8. The lowest BCUT2D eigenvalue weighted by Gasteiger charge is -2.18. The highest BCUT2D eigenvalue weighted by Crippen LogP contribution is 2.52. The number of benzene rings is 1. The molecule has 2 rings (SSSR count). The molecule has 0 radical (unpaired) electrons. The lowest BCUT2D eigenvalue weighted by Crippen LogP contribution is -2.08. The van der Waals surface area contributed by atoms with Crippen LogP contribution in [0.1, 0.15) is 18.4 Å². The number of rotatable bonds is 4. The van der Waals surface area contributed by atoms with Crippen molar-refractivity contribution in [1.82, 2.24) is 0 Å². The van der Waals surface area contributed by atoms with Crippen LogP contribution in [0.5, 0.6) is 11.5 Å². The van der Waals surface area contributed by atoms with Crippen LogP contribution >= 0.6 is 11.8 Å². The minimum Gasteiger partial charge on any atom is -0.492 e. The minimum atomic E-state index is -0.699. The topological polar surface area (TPSA) is 38.7 Å². The highest BCUT2D eigenvalue weighted by molar-refractivity contribution is 7.98. The fourth-order valence-electron chi connectivity index (χ4n) is 1.86. The summed E-state index contributed by atoms with van der Waals surface area (Å²) >= 11 is 1.60.